The molecule has 28 heavy (non-hydrogen) atoms. The lowest BCUT2D eigenvalue weighted by Gasteiger charge is -2.34. The smallest absolute Gasteiger partial charge is 0.191 e. The summed E-state index contributed by atoms with van der Waals surface area (Å²) in [7, 11) is 3.70. The van der Waals surface area contributed by atoms with Crippen LogP contribution in [0.3, 0.4) is 0 Å². The standard InChI is InChI=1S/C20H29FN6O/c1-15(28-19-8-6-16(21)7-9-19)11-23-20(22-2)25-17-5-4-10-27(13-17)18-12-24-26(3)14-18/h6-9,12,14-15,17H,4-5,10-11,13H2,1-3H3,(H2,22,23,25). The molecule has 0 amide bonds. The van der Waals surface area contributed by atoms with Gasteiger partial charge < -0.3 is 20.3 Å². The second kappa shape index (κ2) is 9.43. The fraction of sp³-hybridized carbons (Fsp3) is 0.500. The molecule has 3 rings (SSSR count). The molecule has 2 heterocycles. The van der Waals surface area contributed by atoms with E-state index in [4.69, 9.17) is 4.74 Å². The Morgan fingerprint density at radius 1 is 1.39 bits per heavy atom. The van der Waals surface area contributed by atoms with Crippen molar-refractivity contribution >= 4 is 11.6 Å². The highest BCUT2D eigenvalue weighted by molar-refractivity contribution is 5.80. The van der Waals surface area contributed by atoms with E-state index in [9.17, 15) is 4.39 Å². The first-order valence-corrected chi connectivity index (χ1v) is 9.66. The van der Waals surface area contributed by atoms with E-state index < -0.39 is 0 Å². The van der Waals surface area contributed by atoms with Gasteiger partial charge in [-0.3, -0.25) is 9.67 Å². The predicted octanol–water partition coefficient (Wildman–Crippen LogP) is 2.16. The molecule has 0 spiro atoms. The van der Waals surface area contributed by atoms with Crippen molar-refractivity contribution in [1.82, 2.24) is 20.4 Å². The molecule has 2 unspecified atom stereocenters. The monoisotopic (exact) mass is 388 g/mol. The number of ether oxygens (including phenoxy) is 1. The van der Waals surface area contributed by atoms with E-state index in [-0.39, 0.29) is 11.9 Å². The third-order valence-electron chi connectivity index (χ3n) is 4.75. The summed E-state index contributed by atoms with van der Waals surface area (Å²) in [5, 5.41) is 11.1. The summed E-state index contributed by atoms with van der Waals surface area (Å²) in [5.74, 6) is 1.14. The van der Waals surface area contributed by atoms with E-state index in [1.54, 1.807) is 19.2 Å². The average molecular weight is 388 g/mol. The molecule has 0 bridgehead atoms. The SMILES string of the molecule is CN=C(NCC(C)Oc1ccc(F)cc1)NC1CCCN(c2cnn(C)c2)C1. The molecule has 1 aliphatic heterocycles. The molecule has 0 aliphatic carbocycles. The van der Waals surface area contributed by atoms with Crippen LogP contribution in [0, 0.1) is 5.82 Å². The summed E-state index contributed by atoms with van der Waals surface area (Å²) in [5.41, 5.74) is 1.15. The van der Waals surface area contributed by atoms with Gasteiger partial charge in [0.2, 0.25) is 0 Å². The fourth-order valence-corrected chi connectivity index (χ4v) is 3.32. The Morgan fingerprint density at radius 3 is 2.86 bits per heavy atom. The van der Waals surface area contributed by atoms with Crippen LogP contribution in [0.1, 0.15) is 19.8 Å². The molecule has 8 heteroatoms. The molecule has 7 nitrogen and oxygen atoms in total. The van der Waals surface area contributed by atoms with Gasteiger partial charge in [-0.25, -0.2) is 4.39 Å². The Labute approximate surface area is 165 Å². The molecule has 152 valence electrons. The van der Waals surface area contributed by atoms with Gasteiger partial charge in [0.25, 0.3) is 0 Å². The van der Waals surface area contributed by atoms with E-state index in [0.717, 1.165) is 37.6 Å². The molecular formula is C20H29FN6O. The highest BCUT2D eigenvalue weighted by atomic mass is 19.1. The largest absolute Gasteiger partial charge is 0.489 e. The van der Waals surface area contributed by atoms with E-state index in [1.807, 2.05) is 31.0 Å². The summed E-state index contributed by atoms with van der Waals surface area (Å²) >= 11 is 0. The van der Waals surface area contributed by atoms with Crippen molar-refractivity contribution in [2.45, 2.75) is 31.9 Å². The molecule has 2 atom stereocenters. The molecule has 1 saturated heterocycles. The van der Waals surface area contributed by atoms with E-state index in [2.05, 4.69) is 25.6 Å². The predicted molar refractivity (Wildman–Crippen MR) is 109 cm³/mol. The maximum Gasteiger partial charge on any atom is 0.191 e. The number of anilines is 1. The summed E-state index contributed by atoms with van der Waals surface area (Å²) in [6.45, 7) is 4.51. The van der Waals surface area contributed by atoms with Crippen LogP contribution in [0.2, 0.25) is 0 Å². The number of rotatable bonds is 6. The molecule has 0 radical (unpaired) electrons. The van der Waals surface area contributed by atoms with Gasteiger partial charge in [0.15, 0.2) is 5.96 Å². The highest BCUT2D eigenvalue weighted by Gasteiger charge is 2.22. The number of aliphatic imine (C=N–C) groups is 1. The van der Waals surface area contributed by atoms with Crippen molar-refractivity contribution < 1.29 is 9.13 Å². The second-order valence-corrected chi connectivity index (χ2v) is 7.14. The van der Waals surface area contributed by atoms with Gasteiger partial charge >= 0.3 is 0 Å². The number of aryl methyl sites for hydroxylation is 1. The van der Waals surface area contributed by atoms with Gasteiger partial charge in [0.05, 0.1) is 18.4 Å². The highest BCUT2D eigenvalue weighted by Crippen LogP contribution is 2.19. The second-order valence-electron chi connectivity index (χ2n) is 7.14. The number of nitrogens with zero attached hydrogens (tertiary/aromatic N) is 4. The average Bonchev–Trinajstić information content (AvgIpc) is 3.13. The minimum absolute atomic E-state index is 0.0812. The maximum atomic E-state index is 13.0. The normalized spacial score (nSPS) is 18.6. The van der Waals surface area contributed by atoms with Gasteiger partial charge in [-0.2, -0.15) is 5.10 Å². The number of nitrogens with one attached hydrogen (secondary N) is 2. The number of piperidine rings is 1. The van der Waals surface area contributed by atoms with Crippen molar-refractivity contribution in [3.63, 3.8) is 0 Å². The third kappa shape index (κ3) is 5.61. The molecule has 2 N–H and O–H groups in total. The van der Waals surface area contributed by atoms with Crippen LogP contribution < -0.4 is 20.3 Å². The van der Waals surface area contributed by atoms with E-state index in [0.29, 0.717) is 18.3 Å². The third-order valence-corrected chi connectivity index (χ3v) is 4.75. The first kappa shape index (κ1) is 20.0. The van der Waals surface area contributed by atoms with Crippen molar-refractivity contribution in [2.24, 2.45) is 12.0 Å². The van der Waals surface area contributed by atoms with Crippen LogP contribution >= 0.6 is 0 Å². The van der Waals surface area contributed by atoms with Crippen molar-refractivity contribution in [1.29, 1.82) is 0 Å². The number of halogens is 1. The van der Waals surface area contributed by atoms with E-state index >= 15 is 0 Å². The minimum Gasteiger partial charge on any atom is -0.489 e. The summed E-state index contributed by atoms with van der Waals surface area (Å²) in [6.07, 6.45) is 6.09. The Kier molecular flexibility index (Phi) is 6.73. The molecule has 2 aromatic rings. The Bertz CT molecular complexity index is 775. The van der Waals surface area contributed by atoms with Crippen LogP contribution in [-0.4, -0.2) is 54.6 Å². The van der Waals surface area contributed by atoms with Crippen molar-refractivity contribution in [2.75, 3.05) is 31.6 Å². The van der Waals surface area contributed by atoms with Gasteiger partial charge in [-0.05, 0) is 44.0 Å². The van der Waals surface area contributed by atoms with Crippen LogP contribution in [-0.2, 0) is 7.05 Å². The zero-order chi connectivity index (χ0) is 19.9. The van der Waals surface area contributed by atoms with E-state index in [1.165, 1.54) is 12.1 Å². The number of guanidine groups is 1. The zero-order valence-electron chi connectivity index (χ0n) is 16.7. The number of benzene rings is 1. The van der Waals surface area contributed by atoms with Crippen molar-refractivity contribution in [3.05, 3.63) is 42.5 Å². The fourth-order valence-electron chi connectivity index (χ4n) is 3.32. The molecular weight excluding hydrogens is 359 g/mol. The lowest BCUT2D eigenvalue weighted by molar-refractivity contribution is 0.223. The Morgan fingerprint density at radius 2 is 2.18 bits per heavy atom. The lowest BCUT2D eigenvalue weighted by atomic mass is 10.1. The van der Waals surface area contributed by atoms with Gasteiger partial charge in [-0.15, -0.1) is 0 Å². The molecule has 1 aromatic carbocycles. The van der Waals surface area contributed by atoms with Crippen molar-refractivity contribution in [3.8, 4) is 5.75 Å². The minimum atomic E-state index is -0.268. The maximum absolute atomic E-state index is 13.0. The first-order valence-electron chi connectivity index (χ1n) is 9.66. The van der Waals surface area contributed by atoms with Gasteiger partial charge in [0.1, 0.15) is 17.7 Å². The molecule has 1 aliphatic rings. The van der Waals surface area contributed by atoms with Crippen LogP contribution in [0.15, 0.2) is 41.7 Å². The summed E-state index contributed by atoms with van der Waals surface area (Å²) in [4.78, 5) is 6.68. The van der Waals surface area contributed by atoms with Crippen LogP contribution in [0.4, 0.5) is 10.1 Å². The van der Waals surface area contributed by atoms with Crippen LogP contribution in [0.25, 0.3) is 0 Å². The molecule has 0 saturated carbocycles. The van der Waals surface area contributed by atoms with Gasteiger partial charge in [0, 0.05) is 39.4 Å². The Hall–Kier alpha value is -2.77. The Balaban J connectivity index is 1.46. The summed E-state index contributed by atoms with van der Waals surface area (Å²) in [6, 6.07) is 6.37. The first-order chi connectivity index (χ1) is 13.5. The number of hydrogen-bond donors (Lipinski definition) is 2. The van der Waals surface area contributed by atoms with Crippen LogP contribution in [0.5, 0.6) is 5.75 Å². The topological polar surface area (TPSA) is 66.7 Å². The van der Waals surface area contributed by atoms with Gasteiger partial charge in [-0.1, -0.05) is 0 Å². The molecule has 1 fully saturated rings. The molecule has 1 aromatic heterocycles. The number of aromatic nitrogens is 2. The zero-order valence-corrected chi connectivity index (χ0v) is 16.7. The summed E-state index contributed by atoms with van der Waals surface area (Å²) < 4.78 is 20.6. The number of hydrogen-bond acceptors (Lipinski definition) is 4. The quantitative estimate of drug-likeness (QED) is 0.586. The lowest BCUT2D eigenvalue weighted by Crippen LogP contribution is -2.52.